The smallest absolute Gasteiger partial charge is 0.162 e. The van der Waals surface area contributed by atoms with Crippen molar-refractivity contribution in [2.45, 2.75) is 32.3 Å². The van der Waals surface area contributed by atoms with Crippen LogP contribution in [-0.2, 0) is 0 Å². The Bertz CT molecular complexity index is 497. The van der Waals surface area contributed by atoms with Gasteiger partial charge >= 0.3 is 0 Å². The minimum Gasteiger partial charge on any atom is -0.493 e. The van der Waals surface area contributed by atoms with Gasteiger partial charge in [-0.3, -0.25) is 4.79 Å². The van der Waals surface area contributed by atoms with Crippen LogP contribution in [0.3, 0.4) is 0 Å². The van der Waals surface area contributed by atoms with Gasteiger partial charge in [-0.05, 0) is 44.1 Å². The summed E-state index contributed by atoms with van der Waals surface area (Å²) in [7, 11) is 1.54. The van der Waals surface area contributed by atoms with Crippen molar-refractivity contribution in [1.29, 1.82) is 0 Å². The maximum atomic E-state index is 11.7. The van der Waals surface area contributed by atoms with E-state index in [-0.39, 0.29) is 12.4 Å². The fourth-order valence-electron chi connectivity index (χ4n) is 2.67. The lowest BCUT2D eigenvalue weighted by Gasteiger charge is -2.20. The van der Waals surface area contributed by atoms with Gasteiger partial charge < -0.3 is 19.5 Å². The minimum atomic E-state index is -0.528. The highest BCUT2D eigenvalue weighted by Crippen LogP contribution is 2.28. The number of benzene rings is 1. The number of rotatable bonds is 8. The number of ether oxygens (including phenoxy) is 2. The van der Waals surface area contributed by atoms with Crippen LogP contribution in [0, 0.1) is 0 Å². The Morgan fingerprint density at radius 1 is 1.32 bits per heavy atom. The van der Waals surface area contributed by atoms with Gasteiger partial charge in [0, 0.05) is 18.5 Å². The molecule has 0 amide bonds. The molecule has 1 N–H and O–H groups in total. The first-order chi connectivity index (χ1) is 10.6. The van der Waals surface area contributed by atoms with Crippen LogP contribution in [0.25, 0.3) is 0 Å². The van der Waals surface area contributed by atoms with Crippen LogP contribution < -0.4 is 9.47 Å². The van der Waals surface area contributed by atoms with Gasteiger partial charge in [-0.15, -0.1) is 0 Å². The third-order valence-electron chi connectivity index (χ3n) is 3.91. The minimum absolute atomic E-state index is 0.0684. The van der Waals surface area contributed by atoms with Crippen molar-refractivity contribution in [2.75, 3.05) is 33.4 Å². The molecule has 0 radical (unpaired) electrons. The van der Waals surface area contributed by atoms with Gasteiger partial charge in [0.2, 0.25) is 0 Å². The lowest BCUT2D eigenvalue weighted by molar-refractivity contribution is 0.0746. The molecule has 122 valence electrons. The molecule has 0 unspecified atom stereocenters. The molecule has 22 heavy (non-hydrogen) atoms. The fraction of sp³-hybridized carbons (Fsp3) is 0.588. The van der Waals surface area contributed by atoms with Gasteiger partial charge in [0.05, 0.1) is 7.11 Å². The summed E-state index contributed by atoms with van der Waals surface area (Å²) in [6.45, 7) is 4.78. The number of methoxy groups -OCH3 is 1. The maximum absolute atomic E-state index is 11.7. The standard InChI is InChI=1S/C17H25NO4/c1-3-15(20)13-6-7-16(17(10-13)21-2)22-12-14(19)11-18-8-4-5-9-18/h6-7,10,14,19H,3-5,8-9,11-12H2,1-2H3/t14-/m0/s1. The summed E-state index contributed by atoms with van der Waals surface area (Å²) in [6, 6.07) is 5.15. The van der Waals surface area contributed by atoms with E-state index in [0.29, 0.717) is 30.0 Å². The number of hydrogen-bond donors (Lipinski definition) is 1. The zero-order chi connectivity index (χ0) is 15.9. The van der Waals surface area contributed by atoms with Gasteiger partial charge in [0.25, 0.3) is 0 Å². The lowest BCUT2D eigenvalue weighted by atomic mass is 10.1. The van der Waals surface area contributed by atoms with E-state index in [1.165, 1.54) is 12.8 Å². The first kappa shape index (κ1) is 16.8. The first-order valence-electron chi connectivity index (χ1n) is 7.88. The van der Waals surface area contributed by atoms with Crippen LogP contribution in [0.5, 0.6) is 11.5 Å². The zero-order valence-electron chi connectivity index (χ0n) is 13.4. The summed E-state index contributed by atoms with van der Waals surface area (Å²) in [6.07, 6.45) is 2.33. The highest BCUT2D eigenvalue weighted by Gasteiger charge is 2.17. The van der Waals surface area contributed by atoms with Crippen molar-refractivity contribution < 1.29 is 19.4 Å². The number of aliphatic hydroxyl groups excluding tert-OH is 1. The third kappa shape index (κ3) is 4.45. The Balaban J connectivity index is 1.92. The van der Waals surface area contributed by atoms with Crippen LogP contribution in [0.15, 0.2) is 18.2 Å². The predicted molar refractivity (Wildman–Crippen MR) is 84.8 cm³/mol. The molecule has 1 saturated heterocycles. The molecule has 1 aliphatic rings. The van der Waals surface area contributed by atoms with Crippen LogP contribution in [0.4, 0.5) is 0 Å². The average molecular weight is 307 g/mol. The Morgan fingerprint density at radius 2 is 2.05 bits per heavy atom. The summed E-state index contributed by atoms with van der Waals surface area (Å²) in [5, 5.41) is 10.1. The highest BCUT2D eigenvalue weighted by molar-refractivity contribution is 5.96. The predicted octanol–water partition coefficient (Wildman–Crippen LogP) is 2.12. The number of β-amino-alcohol motifs (C(OH)–C–C–N with tert-alkyl or cyclic N) is 1. The van der Waals surface area contributed by atoms with Crippen molar-refractivity contribution in [3.05, 3.63) is 23.8 Å². The molecule has 1 aromatic carbocycles. The number of Topliss-reactive ketones (excluding diaryl/α,β-unsaturated/α-hetero) is 1. The van der Waals surface area contributed by atoms with E-state index in [2.05, 4.69) is 4.90 Å². The number of aliphatic hydroxyl groups is 1. The molecule has 1 aromatic rings. The molecule has 1 fully saturated rings. The Labute approximate surface area is 131 Å². The van der Waals surface area contributed by atoms with Crippen molar-refractivity contribution >= 4 is 5.78 Å². The summed E-state index contributed by atoms with van der Waals surface area (Å²) in [5.41, 5.74) is 0.615. The average Bonchev–Trinajstić information content (AvgIpc) is 3.04. The lowest BCUT2D eigenvalue weighted by Crippen LogP contribution is -2.33. The monoisotopic (exact) mass is 307 g/mol. The van der Waals surface area contributed by atoms with E-state index in [4.69, 9.17) is 9.47 Å². The van der Waals surface area contributed by atoms with E-state index in [0.717, 1.165) is 13.1 Å². The maximum Gasteiger partial charge on any atom is 0.162 e. The van der Waals surface area contributed by atoms with Crippen molar-refractivity contribution in [3.63, 3.8) is 0 Å². The van der Waals surface area contributed by atoms with Crippen LogP contribution in [-0.4, -0.2) is 55.2 Å². The fourth-order valence-corrected chi connectivity index (χ4v) is 2.67. The van der Waals surface area contributed by atoms with E-state index >= 15 is 0 Å². The molecule has 0 saturated carbocycles. The van der Waals surface area contributed by atoms with E-state index in [1.807, 2.05) is 6.92 Å². The van der Waals surface area contributed by atoms with Crippen molar-refractivity contribution in [1.82, 2.24) is 4.90 Å². The number of carbonyl (C=O) groups is 1. The van der Waals surface area contributed by atoms with Gasteiger partial charge in [-0.2, -0.15) is 0 Å². The Kier molecular flexibility index (Phi) is 6.21. The largest absolute Gasteiger partial charge is 0.493 e. The molecule has 5 heteroatoms. The zero-order valence-corrected chi connectivity index (χ0v) is 13.4. The van der Waals surface area contributed by atoms with Gasteiger partial charge in [-0.25, -0.2) is 0 Å². The molecule has 0 aliphatic carbocycles. The van der Waals surface area contributed by atoms with E-state index in [9.17, 15) is 9.90 Å². The molecule has 1 heterocycles. The second kappa shape index (κ2) is 8.15. The summed E-state index contributed by atoms with van der Waals surface area (Å²) in [5.74, 6) is 1.14. The third-order valence-corrected chi connectivity index (χ3v) is 3.91. The summed E-state index contributed by atoms with van der Waals surface area (Å²) in [4.78, 5) is 14.0. The SMILES string of the molecule is CCC(=O)c1ccc(OC[C@@H](O)CN2CCCC2)c(OC)c1. The molecular formula is C17H25NO4. The van der Waals surface area contributed by atoms with Crippen LogP contribution in [0.1, 0.15) is 36.5 Å². The van der Waals surface area contributed by atoms with Gasteiger partial charge in [0.15, 0.2) is 17.3 Å². The Morgan fingerprint density at radius 3 is 2.68 bits per heavy atom. The number of hydrogen-bond acceptors (Lipinski definition) is 5. The van der Waals surface area contributed by atoms with E-state index < -0.39 is 6.10 Å². The Hall–Kier alpha value is -1.59. The van der Waals surface area contributed by atoms with Gasteiger partial charge in [0.1, 0.15) is 12.7 Å². The number of ketones is 1. The van der Waals surface area contributed by atoms with Crippen molar-refractivity contribution in [2.24, 2.45) is 0 Å². The van der Waals surface area contributed by atoms with E-state index in [1.54, 1.807) is 25.3 Å². The van der Waals surface area contributed by atoms with Crippen molar-refractivity contribution in [3.8, 4) is 11.5 Å². The number of carbonyl (C=O) groups excluding carboxylic acids is 1. The molecule has 5 nitrogen and oxygen atoms in total. The van der Waals surface area contributed by atoms with Crippen LogP contribution in [0.2, 0.25) is 0 Å². The van der Waals surface area contributed by atoms with Crippen LogP contribution >= 0.6 is 0 Å². The first-order valence-corrected chi connectivity index (χ1v) is 7.88. The summed E-state index contributed by atoms with van der Waals surface area (Å²) < 4.78 is 10.9. The quantitative estimate of drug-likeness (QED) is 0.746. The molecule has 2 rings (SSSR count). The second-order valence-electron chi connectivity index (χ2n) is 5.61. The normalized spacial score (nSPS) is 16.5. The molecule has 0 aromatic heterocycles. The number of nitrogens with zero attached hydrogens (tertiary/aromatic N) is 1. The molecule has 1 aliphatic heterocycles. The molecule has 0 bridgehead atoms. The topological polar surface area (TPSA) is 59.0 Å². The highest BCUT2D eigenvalue weighted by atomic mass is 16.5. The summed E-state index contributed by atoms with van der Waals surface area (Å²) >= 11 is 0. The molecule has 0 spiro atoms. The number of likely N-dealkylation sites (tertiary alicyclic amines) is 1. The van der Waals surface area contributed by atoms with Gasteiger partial charge in [-0.1, -0.05) is 6.92 Å². The molecule has 1 atom stereocenters. The second-order valence-corrected chi connectivity index (χ2v) is 5.61. The molecular weight excluding hydrogens is 282 g/mol.